The molecule has 0 aliphatic rings. The van der Waals surface area contributed by atoms with Crippen LogP contribution in [0.4, 0.5) is 0 Å². The van der Waals surface area contributed by atoms with Gasteiger partial charge in [0.05, 0.1) is 0 Å². The van der Waals surface area contributed by atoms with Crippen molar-refractivity contribution in [3.63, 3.8) is 0 Å². The zero-order chi connectivity index (χ0) is 5.70. The van der Waals surface area contributed by atoms with Gasteiger partial charge in [-0.15, -0.1) is 0 Å². The molecule has 3 heteroatoms. The summed E-state index contributed by atoms with van der Waals surface area (Å²) in [6.45, 7) is 1.60. The van der Waals surface area contributed by atoms with Crippen molar-refractivity contribution in [3.05, 3.63) is 0 Å². The van der Waals surface area contributed by atoms with E-state index in [-0.39, 0.29) is 6.61 Å². The minimum Gasteiger partial charge on any atom is -0.616 e. The summed E-state index contributed by atoms with van der Waals surface area (Å²) in [5, 5.41) is 9.71. The zero-order valence-electron chi connectivity index (χ0n) is 4.35. The molecule has 1 unspecified atom stereocenters. The van der Waals surface area contributed by atoms with Gasteiger partial charge in [-0.2, -0.15) is 0 Å². The van der Waals surface area contributed by atoms with Gasteiger partial charge in [-0.1, -0.05) is 11.2 Å². The molecule has 0 aliphatic heterocycles. The number of rotatable bonds is 3. The maximum absolute atomic E-state index is 10.3. The van der Waals surface area contributed by atoms with Crippen LogP contribution in [0.15, 0.2) is 0 Å². The molecule has 0 rings (SSSR count). The van der Waals surface area contributed by atoms with Gasteiger partial charge in [0.2, 0.25) is 0 Å². The smallest absolute Gasteiger partial charge is 0.132 e. The molecule has 0 N–H and O–H groups in total. The van der Waals surface area contributed by atoms with Crippen LogP contribution in [0.2, 0.25) is 0 Å². The van der Waals surface area contributed by atoms with E-state index in [1.165, 1.54) is 0 Å². The van der Waals surface area contributed by atoms with Gasteiger partial charge in [0.15, 0.2) is 0 Å². The third-order valence-corrected chi connectivity index (χ3v) is 1.90. The normalized spacial score (nSPS) is 14.1. The van der Waals surface area contributed by atoms with Crippen molar-refractivity contribution in [1.29, 1.82) is 0 Å². The predicted molar refractivity (Wildman–Crippen MR) is 29.1 cm³/mol. The van der Waals surface area contributed by atoms with Gasteiger partial charge >= 0.3 is 0 Å². The summed E-state index contributed by atoms with van der Waals surface area (Å²) in [7, 11) is 0. The largest absolute Gasteiger partial charge is 0.616 e. The molecule has 1 radical (unpaired) electrons. The highest BCUT2D eigenvalue weighted by molar-refractivity contribution is 7.91. The van der Waals surface area contributed by atoms with Crippen LogP contribution in [0.5, 0.6) is 0 Å². The quantitative estimate of drug-likeness (QED) is 0.491. The van der Waals surface area contributed by atoms with E-state index in [4.69, 9.17) is 0 Å². The first kappa shape index (κ1) is 7.27. The van der Waals surface area contributed by atoms with Gasteiger partial charge in [0.1, 0.15) is 18.1 Å². The van der Waals surface area contributed by atoms with E-state index in [0.717, 1.165) is 0 Å². The average molecular weight is 121 g/mol. The Labute approximate surface area is 46.7 Å². The maximum Gasteiger partial charge on any atom is 0.132 e. The minimum absolute atomic E-state index is 0.208. The molecule has 0 spiro atoms. The lowest BCUT2D eigenvalue weighted by Crippen LogP contribution is -2.10. The lowest BCUT2D eigenvalue weighted by Gasteiger charge is -2.03. The topological polar surface area (TPSA) is 43.0 Å². The molecule has 43 valence electrons. The lowest BCUT2D eigenvalue weighted by molar-refractivity contribution is 0.213. The van der Waals surface area contributed by atoms with E-state index < -0.39 is 11.2 Å². The van der Waals surface area contributed by atoms with Crippen molar-refractivity contribution >= 4 is 11.2 Å². The summed E-state index contributed by atoms with van der Waals surface area (Å²) < 4.78 is 10.3. The van der Waals surface area contributed by atoms with Gasteiger partial charge in [-0.05, 0) is 6.92 Å². The van der Waals surface area contributed by atoms with Gasteiger partial charge < -0.3 is 4.55 Å². The molecular weight excluding hydrogens is 112 g/mol. The molecule has 2 nitrogen and oxygen atoms in total. The Morgan fingerprint density at radius 3 is 2.43 bits per heavy atom. The third kappa shape index (κ3) is 4.12. The fourth-order valence-electron chi connectivity index (χ4n) is 0.237. The third-order valence-electron chi connectivity index (χ3n) is 0.633. The Morgan fingerprint density at radius 1 is 1.71 bits per heavy atom. The van der Waals surface area contributed by atoms with Crippen LogP contribution >= 0.6 is 0 Å². The lowest BCUT2D eigenvalue weighted by atomic mass is 10.9. The number of hydrogen-bond donors (Lipinski definition) is 0. The van der Waals surface area contributed by atoms with E-state index in [9.17, 15) is 9.66 Å². The molecule has 0 bridgehead atoms. The average Bonchev–Trinajstić information content (AvgIpc) is 1.68. The molecule has 0 aliphatic carbocycles. The number of hydrogen-bond acceptors (Lipinski definition) is 1. The second-order valence-corrected chi connectivity index (χ2v) is 3.00. The monoisotopic (exact) mass is 121 g/mol. The fourth-order valence-corrected chi connectivity index (χ4v) is 0.712. The van der Waals surface area contributed by atoms with Crippen LogP contribution < -0.4 is 0 Å². The second kappa shape index (κ2) is 4.43. The van der Waals surface area contributed by atoms with Crippen molar-refractivity contribution in [2.45, 2.75) is 6.92 Å². The van der Waals surface area contributed by atoms with Gasteiger partial charge in [0.25, 0.3) is 0 Å². The first-order chi connectivity index (χ1) is 3.31. The Hall–Kier alpha value is 0.270. The summed E-state index contributed by atoms with van der Waals surface area (Å²) >= 11 is -0.840. The van der Waals surface area contributed by atoms with Crippen LogP contribution in [-0.4, -0.2) is 22.7 Å². The van der Waals surface area contributed by atoms with Crippen molar-refractivity contribution in [1.82, 2.24) is 0 Å². The highest BCUT2D eigenvalue weighted by Gasteiger charge is 1.97. The molecule has 0 saturated carbocycles. The van der Waals surface area contributed by atoms with Crippen LogP contribution in [0.25, 0.3) is 0 Å². The van der Waals surface area contributed by atoms with E-state index in [2.05, 4.69) is 0 Å². The highest BCUT2D eigenvalue weighted by atomic mass is 32.2. The van der Waals surface area contributed by atoms with Crippen molar-refractivity contribution < 1.29 is 9.66 Å². The zero-order valence-corrected chi connectivity index (χ0v) is 5.16. The van der Waals surface area contributed by atoms with E-state index in [1.807, 2.05) is 6.92 Å². The minimum atomic E-state index is -0.840. The van der Waals surface area contributed by atoms with Crippen LogP contribution in [-0.2, 0) is 16.3 Å². The fraction of sp³-hybridized carbons (Fsp3) is 1.00. The Morgan fingerprint density at radius 2 is 2.29 bits per heavy atom. The van der Waals surface area contributed by atoms with E-state index in [0.29, 0.717) is 11.5 Å². The molecule has 0 aromatic heterocycles. The van der Waals surface area contributed by atoms with Crippen molar-refractivity contribution in [2.24, 2.45) is 0 Å². The summed E-state index contributed by atoms with van der Waals surface area (Å²) in [5.41, 5.74) is 0. The predicted octanol–water partition coefficient (Wildman–Crippen LogP) is 0.185. The molecule has 7 heavy (non-hydrogen) atoms. The molecule has 0 aromatic rings. The first-order valence-electron chi connectivity index (χ1n) is 2.24. The van der Waals surface area contributed by atoms with Crippen molar-refractivity contribution in [2.75, 3.05) is 18.1 Å². The van der Waals surface area contributed by atoms with E-state index in [1.54, 1.807) is 0 Å². The Bertz CT molecular complexity index is 40.7. The summed E-state index contributed by atoms with van der Waals surface area (Å²) in [6, 6.07) is 0. The van der Waals surface area contributed by atoms with E-state index >= 15 is 0 Å². The Kier molecular flexibility index (Phi) is 4.60. The molecule has 0 aromatic carbocycles. The summed E-state index contributed by atoms with van der Waals surface area (Å²) in [4.78, 5) is 0. The molecular formula is C4H9O2S. The van der Waals surface area contributed by atoms with Crippen molar-refractivity contribution in [3.8, 4) is 0 Å². The van der Waals surface area contributed by atoms with Gasteiger partial charge in [-0.25, -0.2) is 5.11 Å². The Balaban J connectivity index is 2.83. The van der Waals surface area contributed by atoms with Crippen LogP contribution in [0.3, 0.4) is 0 Å². The highest BCUT2D eigenvalue weighted by Crippen LogP contribution is 1.85. The maximum atomic E-state index is 10.3. The van der Waals surface area contributed by atoms with Crippen LogP contribution in [0, 0.1) is 0 Å². The standard InChI is InChI=1S/C4H9O2S/c1-2-7(6)4-3-5/h2-4H2,1H3. The SMILES string of the molecule is CC[S+]([O-])CC[O]. The summed E-state index contributed by atoms with van der Waals surface area (Å²) in [5.74, 6) is 0.929. The molecule has 0 heterocycles. The first-order valence-corrected chi connectivity index (χ1v) is 3.73. The molecule has 0 fully saturated rings. The second-order valence-electron chi connectivity index (χ2n) is 1.14. The van der Waals surface area contributed by atoms with Gasteiger partial charge in [0, 0.05) is 0 Å². The molecule has 0 amide bonds. The molecule has 1 atom stereocenters. The van der Waals surface area contributed by atoms with Gasteiger partial charge in [-0.3, -0.25) is 0 Å². The van der Waals surface area contributed by atoms with Crippen LogP contribution in [0.1, 0.15) is 6.92 Å². The summed E-state index contributed by atoms with van der Waals surface area (Å²) in [6.07, 6.45) is 0. The molecule has 0 saturated heterocycles.